The number of anilines is 1. The van der Waals surface area contributed by atoms with E-state index in [-0.39, 0.29) is 17.7 Å². The second-order valence-electron chi connectivity index (χ2n) is 6.73. The minimum atomic E-state index is -0.495. The van der Waals surface area contributed by atoms with Gasteiger partial charge in [0.05, 0.1) is 11.2 Å². The summed E-state index contributed by atoms with van der Waals surface area (Å²) in [5, 5.41) is 0. The smallest absolute Gasteiger partial charge is 0.338 e. The summed E-state index contributed by atoms with van der Waals surface area (Å²) in [6, 6.07) is 3.51. The summed E-state index contributed by atoms with van der Waals surface area (Å²) in [5.74, 6) is -0.361. The van der Waals surface area contributed by atoms with Crippen molar-refractivity contribution in [3.05, 3.63) is 27.7 Å². The first-order valence-electron chi connectivity index (χ1n) is 6.99. The van der Waals surface area contributed by atoms with Gasteiger partial charge in [0.2, 0.25) is 0 Å². The molecule has 1 unspecified atom stereocenters. The summed E-state index contributed by atoms with van der Waals surface area (Å²) < 4.78 is 12.4. The Bertz CT molecular complexity index is 581. The Morgan fingerprint density at radius 1 is 1.38 bits per heavy atom. The first kappa shape index (κ1) is 16.3. The second-order valence-corrected chi connectivity index (χ2v) is 7.65. The van der Waals surface area contributed by atoms with Crippen LogP contribution in [-0.4, -0.2) is 23.3 Å². The van der Waals surface area contributed by atoms with Crippen LogP contribution in [0.5, 0.6) is 0 Å². The van der Waals surface area contributed by atoms with Crippen LogP contribution < -0.4 is 5.73 Å². The van der Waals surface area contributed by atoms with Crippen molar-refractivity contribution in [3.8, 4) is 0 Å². The van der Waals surface area contributed by atoms with Gasteiger partial charge in [0, 0.05) is 16.6 Å². The van der Waals surface area contributed by atoms with E-state index in [1.54, 1.807) is 12.1 Å². The normalized spacial score (nSPS) is 23.0. The fourth-order valence-electron chi connectivity index (χ4n) is 2.80. The molecule has 21 heavy (non-hydrogen) atoms. The minimum Gasteiger partial charge on any atom is -0.456 e. The zero-order valence-electron chi connectivity index (χ0n) is 13.1. The van der Waals surface area contributed by atoms with Crippen LogP contribution in [0.1, 0.15) is 50.0 Å². The van der Waals surface area contributed by atoms with E-state index in [2.05, 4.69) is 15.9 Å². The monoisotopic (exact) mass is 355 g/mol. The summed E-state index contributed by atoms with van der Waals surface area (Å²) in [6.07, 6.45) is 0.397. The molecule has 0 bridgehead atoms. The van der Waals surface area contributed by atoms with E-state index in [1.165, 1.54) is 0 Å². The van der Waals surface area contributed by atoms with Crippen LogP contribution in [0.2, 0.25) is 0 Å². The number of hydrogen-bond acceptors (Lipinski definition) is 4. The SMILES string of the molecule is Cc1c(N)cc(Br)cc1C(=O)OC1CC(C)(C)OC1(C)C. The summed E-state index contributed by atoms with van der Waals surface area (Å²) in [7, 11) is 0. The van der Waals surface area contributed by atoms with Crippen molar-refractivity contribution in [1.29, 1.82) is 0 Å². The van der Waals surface area contributed by atoms with E-state index in [1.807, 2.05) is 34.6 Å². The fourth-order valence-corrected chi connectivity index (χ4v) is 3.28. The van der Waals surface area contributed by atoms with E-state index in [0.29, 0.717) is 17.7 Å². The Kier molecular flexibility index (Phi) is 4.10. The summed E-state index contributed by atoms with van der Waals surface area (Å²) in [5.41, 5.74) is 6.91. The largest absolute Gasteiger partial charge is 0.456 e. The molecule has 2 rings (SSSR count). The molecule has 0 saturated carbocycles. The quantitative estimate of drug-likeness (QED) is 0.646. The predicted molar refractivity (Wildman–Crippen MR) is 86.4 cm³/mol. The van der Waals surface area contributed by atoms with E-state index in [9.17, 15) is 4.79 Å². The highest BCUT2D eigenvalue weighted by atomic mass is 79.9. The van der Waals surface area contributed by atoms with Gasteiger partial charge in [0.15, 0.2) is 0 Å². The molecule has 0 aromatic heterocycles. The highest BCUT2D eigenvalue weighted by Gasteiger charge is 2.48. The Morgan fingerprint density at radius 3 is 2.52 bits per heavy atom. The molecule has 0 radical (unpaired) electrons. The molecule has 116 valence electrons. The van der Waals surface area contributed by atoms with Crippen molar-refractivity contribution in [2.75, 3.05) is 5.73 Å². The Hall–Kier alpha value is -1.07. The zero-order chi connectivity index (χ0) is 16.0. The predicted octanol–water partition coefficient (Wildman–Crippen LogP) is 3.84. The van der Waals surface area contributed by atoms with Crippen molar-refractivity contribution in [1.82, 2.24) is 0 Å². The lowest BCUT2D eigenvalue weighted by Gasteiger charge is -2.27. The summed E-state index contributed by atoms with van der Waals surface area (Å²) in [6.45, 7) is 9.72. The van der Waals surface area contributed by atoms with Gasteiger partial charge in [0.25, 0.3) is 0 Å². The third-order valence-corrected chi connectivity index (χ3v) is 4.33. The van der Waals surface area contributed by atoms with Gasteiger partial charge in [-0.15, -0.1) is 0 Å². The molecule has 1 aromatic rings. The maximum atomic E-state index is 12.5. The van der Waals surface area contributed by atoms with Crippen LogP contribution >= 0.6 is 15.9 Å². The minimum absolute atomic E-state index is 0.278. The van der Waals surface area contributed by atoms with Gasteiger partial charge in [-0.05, 0) is 52.3 Å². The van der Waals surface area contributed by atoms with Gasteiger partial charge >= 0.3 is 5.97 Å². The van der Waals surface area contributed by atoms with Gasteiger partial charge in [0.1, 0.15) is 11.7 Å². The van der Waals surface area contributed by atoms with Crippen LogP contribution in [0.25, 0.3) is 0 Å². The summed E-state index contributed by atoms with van der Waals surface area (Å²) in [4.78, 5) is 12.5. The Morgan fingerprint density at radius 2 is 2.00 bits per heavy atom. The molecule has 0 aliphatic carbocycles. The summed E-state index contributed by atoms with van der Waals surface area (Å²) >= 11 is 3.36. The topological polar surface area (TPSA) is 61.6 Å². The van der Waals surface area contributed by atoms with Crippen LogP contribution in [-0.2, 0) is 9.47 Å². The van der Waals surface area contributed by atoms with E-state index >= 15 is 0 Å². The fraction of sp³-hybridized carbons (Fsp3) is 0.562. The number of nitrogens with two attached hydrogens (primary N) is 1. The first-order chi connectivity index (χ1) is 9.52. The number of ether oxygens (including phenoxy) is 2. The number of esters is 1. The molecule has 1 aliphatic heterocycles. The average molecular weight is 356 g/mol. The lowest BCUT2D eigenvalue weighted by atomic mass is 9.97. The first-order valence-corrected chi connectivity index (χ1v) is 7.78. The van der Waals surface area contributed by atoms with Gasteiger partial charge in [-0.25, -0.2) is 4.79 Å². The number of carbonyl (C=O) groups excluding carboxylic acids is 1. The van der Waals surface area contributed by atoms with Crippen LogP contribution in [0.4, 0.5) is 5.69 Å². The molecule has 1 heterocycles. The molecular weight excluding hydrogens is 334 g/mol. The molecule has 1 aromatic carbocycles. The van der Waals surface area contributed by atoms with Crippen molar-refractivity contribution in [3.63, 3.8) is 0 Å². The molecular formula is C16H22BrNO3. The average Bonchev–Trinajstić information content (AvgIpc) is 2.51. The molecule has 1 fully saturated rings. The van der Waals surface area contributed by atoms with E-state index in [4.69, 9.17) is 15.2 Å². The molecule has 5 heteroatoms. The highest BCUT2D eigenvalue weighted by Crippen LogP contribution is 2.39. The number of nitrogen functional groups attached to an aromatic ring is 1. The number of halogens is 1. The van der Waals surface area contributed by atoms with E-state index < -0.39 is 5.60 Å². The zero-order valence-corrected chi connectivity index (χ0v) is 14.7. The number of benzene rings is 1. The van der Waals surface area contributed by atoms with Gasteiger partial charge in [-0.2, -0.15) is 0 Å². The standard InChI is InChI=1S/C16H22BrNO3/c1-9-11(6-10(17)7-12(9)18)14(19)20-13-8-15(2,3)21-16(13,4)5/h6-7,13H,8,18H2,1-5H3. The van der Waals surface area contributed by atoms with Crippen molar-refractivity contribution in [2.24, 2.45) is 0 Å². The molecule has 0 spiro atoms. The van der Waals surface area contributed by atoms with Crippen molar-refractivity contribution in [2.45, 2.75) is 58.3 Å². The molecule has 1 aliphatic rings. The van der Waals surface area contributed by atoms with Crippen molar-refractivity contribution >= 4 is 27.6 Å². The van der Waals surface area contributed by atoms with Gasteiger partial charge < -0.3 is 15.2 Å². The maximum absolute atomic E-state index is 12.5. The molecule has 4 nitrogen and oxygen atoms in total. The van der Waals surface area contributed by atoms with Gasteiger partial charge in [-0.3, -0.25) is 0 Å². The van der Waals surface area contributed by atoms with E-state index in [0.717, 1.165) is 10.0 Å². The van der Waals surface area contributed by atoms with Crippen LogP contribution in [0, 0.1) is 6.92 Å². The van der Waals surface area contributed by atoms with Crippen LogP contribution in [0.3, 0.4) is 0 Å². The number of rotatable bonds is 2. The third kappa shape index (κ3) is 3.40. The molecule has 1 saturated heterocycles. The second kappa shape index (κ2) is 5.29. The molecule has 1 atom stereocenters. The Labute approximate surface area is 134 Å². The molecule has 0 amide bonds. The lowest BCUT2D eigenvalue weighted by Crippen LogP contribution is -2.36. The van der Waals surface area contributed by atoms with Gasteiger partial charge in [-0.1, -0.05) is 15.9 Å². The van der Waals surface area contributed by atoms with Crippen molar-refractivity contribution < 1.29 is 14.3 Å². The third-order valence-electron chi connectivity index (χ3n) is 3.87. The highest BCUT2D eigenvalue weighted by molar-refractivity contribution is 9.10. The van der Waals surface area contributed by atoms with Crippen LogP contribution in [0.15, 0.2) is 16.6 Å². The molecule has 2 N–H and O–H groups in total. The Balaban J connectivity index is 2.23. The number of carbonyl (C=O) groups is 1. The lowest BCUT2D eigenvalue weighted by molar-refractivity contribution is -0.0924. The maximum Gasteiger partial charge on any atom is 0.338 e. The number of hydrogen-bond donors (Lipinski definition) is 1.